The van der Waals surface area contributed by atoms with Gasteiger partial charge in [0.1, 0.15) is 24.4 Å². The number of nitrogens with one attached hydrogen (secondary N) is 2. The molecular weight excluding hydrogens is 969 g/mol. The minimum absolute atomic E-state index is 0.0161. The number of carbonyl (C=O) groups is 3. The summed E-state index contributed by atoms with van der Waals surface area (Å²) in [7, 11) is 0. The minimum atomic E-state index is -0.963. The number of hydrogen-bond acceptors (Lipinski definition) is 16. The normalized spacial score (nSPS) is 16.4. The van der Waals surface area contributed by atoms with Crippen LogP contribution in [0, 0.1) is 12.3 Å². The lowest BCUT2D eigenvalue weighted by Crippen LogP contribution is -2.58. The monoisotopic (exact) mass is 1040 g/mol. The third-order valence-electron chi connectivity index (χ3n) is 12.7. The number of ether oxygens (including phenoxy) is 6. The lowest BCUT2D eigenvalue weighted by atomic mass is 9.85. The molecule has 20 heteroatoms. The van der Waals surface area contributed by atoms with E-state index in [2.05, 4.69) is 44.1 Å². The Morgan fingerprint density at radius 3 is 2.07 bits per heavy atom. The number of β-amino-alcohol motifs (C(OH)–C–C–N with tert-alkyl or cyclic N) is 1. The number of aliphatic hydroxyl groups is 1. The smallest absolute Gasteiger partial charge is 0.246 e. The Balaban J connectivity index is 0.683. The highest BCUT2D eigenvalue weighted by molar-refractivity contribution is 7.13. The first kappa shape index (κ1) is 55.8. The van der Waals surface area contributed by atoms with Gasteiger partial charge in [-0.25, -0.2) is 4.98 Å². The minimum Gasteiger partial charge on any atom is -0.411 e. The molecule has 19 nitrogen and oxygen atoms in total. The molecule has 0 radical (unpaired) electrons. The number of fused-ring (bicyclic) bond motifs is 1. The predicted octanol–water partition coefficient (Wildman–Crippen LogP) is 5.47. The van der Waals surface area contributed by atoms with Gasteiger partial charge >= 0.3 is 0 Å². The molecular formula is C54H70N8O11S. The maximum Gasteiger partial charge on any atom is 0.246 e. The maximum atomic E-state index is 13.9. The van der Waals surface area contributed by atoms with E-state index in [0.29, 0.717) is 66.0 Å². The lowest BCUT2D eigenvalue weighted by molar-refractivity contribution is -0.144. The van der Waals surface area contributed by atoms with Gasteiger partial charge in [0.2, 0.25) is 17.7 Å². The third-order valence-corrected chi connectivity index (χ3v) is 13.7. The number of carbonyl (C=O) groups excluding carboxylic acids is 3. The van der Waals surface area contributed by atoms with Crippen LogP contribution in [0.25, 0.3) is 32.8 Å². The van der Waals surface area contributed by atoms with E-state index < -0.39 is 35.4 Å². The van der Waals surface area contributed by atoms with Crippen LogP contribution >= 0.6 is 11.3 Å². The number of oxime groups is 1. The lowest BCUT2D eigenvalue weighted by Gasteiger charge is -2.35. The van der Waals surface area contributed by atoms with E-state index in [1.165, 1.54) is 10.5 Å². The van der Waals surface area contributed by atoms with Gasteiger partial charge in [-0.05, 0) is 66.0 Å². The fourth-order valence-electron chi connectivity index (χ4n) is 8.79. The standard InChI is InChI=1S/C54H70N8O11S/c1-37-50(74-36-57-37)40-8-6-38(7-9-40)32-56-52(65)47-31-43(63)33-62(47)53(66)51(54(2,3)4)58-48(64)35-73-29-28-72-27-26-71-25-24-70-23-22-69-21-20-68-19-5-18-61-34-45(49(59-61)39-14-16-55-17-15-39)42-10-12-44-41(30-42)11-13-46(44)60-67/h6-10,12,14-17,30,34,36,43,47,51,63,67H,5,11,13,18-29,31-33,35H2,1-4H3,(H,56,65)(H,58,64)/b60-46+/t43-,47+,51-/m1/s1. The van der Waals surface area contributed by atoms with Crippen LogP contribution in [-0.2, 0) is 62.3 Å². The fourth-order valence-corrected chi connectivity index (χ4v) is 9.60. The Hall–Kier alpha value is -5.97. The molecule has 7 rings (SSSR count). The largest absolute Gasteiger partial charge is 0.411 e. The number of benzene rings is 2. The van der Waals surface area contributed by atoms with E-state index in [1.807, 2.05) is 80.4 Å². The number of nitrogens with zero attached hydrogens (tertiary/aromatic N) is 6. The highest BCUT2D eigenvalue weighted by atomic mass is 32.1. The van der Waals surface area contributed by atoms with Crippen molar-refractivity contribution in [2.24, 2.45) is 10.6 Å². The topological polar surface area (TPSA) is 230 Å². The summed E-state index contributed by atoms with van der Waals surface area (Å²) in [6.45, 7) is 12.4. The second kappa shape index (κ2) is 28.1. The Morgan fingerprint density at radius 2 is 1.45 bits per heavy atom. The zero-order valence-electron chi connectivity index (χ0n) is 42.8. The SMILES string of the molecule is Cc1ncsc1-c1ccc(CNC(=O)[C@@H]2C[C@@H](O)CN2C(=O)[C@@H](NC(=O)COCCOCCOCCOCCOCCOCCCn2cc(-c3ccc4c(c3)CC/C4=N\O)c(-c3ccncc3)n2)C(C)(C)C)cc1. The molecule has 0 bridgehead atoms. The molecule has 1 aliphatic heterocycles. The van der Waals surface area contributed by atoms with Crippen molar-refractivity contribution >= 4 is 34.8 Å². The Kier molecular flexibility index (Phi) is 21.2. The Bertz CT molecular complexity index is 2600. The second-order valence-corrected chi connectivity index (χ2v) is 20.1. The van der Waals surface area contributed by atoms with E-state index in [1.54, 1.807) is 23.7 Å². The van der Waals surface area contributed by atoms with Crippen molar-refractivity contribution in [2.75, 3.05) is 85.8 Å². The summed E-state index contributed by atoms with van der Waals surface area (Å²) in [4.78, 5) is 51.2. The molecule has 4 heterocycles. The number of amides is 3. The quantitative estimate of drug-likeness (QED) is 0.0265. The van der Waals surface area contributed by atoms with Crippen molar-refractivity contribution < 1.29 is 53.1 Å². The van der Waals surface area contributed by atoms with Crippen molar-refractivity contribution in [3.63, 3.8) is 0 Å². The van der Waals surface area contributed by atoms with Crippen LogP contribution in [0.1, 0.15) is 62.4 Å². The maximum absolute atomic E-state index is 13.9. The van der Waals surface area contributed by atoms with E-state index in [9.17, 15) is 24.7 Å². The van der Waals surface area contributed by atoms with Gasteiger partial charge in [0.25, 0.3) is 0 Å². The Labute approximate surface area is 436 Å². The molecule has 0 spiro atoms. The molecule has 3 atom stereocenters. The van der Waals surface area contributed by atoms with Crippen molar-refractivity contribution in [1.82, 2.24) is 35.3 Å². The second-order valence-electron chi connectivity index (χ2n) is 19.2. The van der Waals surface area contributed by atoms with E-state index in [-0.39, 0.29) is 45.2 Å². The molecule has 3 amide bonds. The predicted molar refractivity (Wildman–Crippen MR) is 279 cm³/mol. The number of hydrogen-bond donors (Lipinski definition) is 4. The number of thiazole rings is 1. The number of aryl methyl sites for hydroxylation is 3. The van der Waals surface area contributed by atoms with E-state index in [4.69, 9.17) is 33.5 Å². The van der Waals surface area contributed by atoms with E-state index >= 15 is 0 Å². The molecule has 3 aromatic heterocycles. The molecule has 1 aliphatic carbocycles. The summed E-state index contributed by atoms with van der Waals surface area (Å²) >= 11 is 1.57. The third kappa shape index (κ3) is 16.0. The van der Waals surface area contributed by atoms with Gasteiger partial charge in [-0.3, -0.25) is 24.0 Å². The highest BCUT2D eigenvalue weighted by Crippen LogP contribution is 2.35. The summed E-state index contributed by atoms with van der Waals surface area (Å²) in [5.41, 5.74) is 10.9. The fraction of sp³-hybridized carbons (Fsp3) is 0.500. The van der Waals surface area contributed by atoms with Gasteiger partial charge in [0.15, 0.2) is 0 Å². The van der Waals surface area contributed by atoms with Crippen molar-refractivity contribution in [1.29, 1.82) is 0 Å². The van der Waals surface area contributed by atoms with Gasteiger partial charge in [0, 0.05) is 67.9 Å². The zero-order chi connectivity index (χ0) is 52.3. The number of aromatic nitrogens is 4. The van der Waals surface area contributed by atoms with Gasteiger partial charge in [-0.1, -0.05) is 68.4 Å². The average molecular weight is 1040 g/mol. The molecule has 398 valence electrons. The summed E-state index contributed by atoms with van der Waals surface area (Å²) in [6, 6.07) is 16.2. The van der Waals surface area contributed by atoms with Crippen molar-refractivity contribution in [2.45, 2.75) is 84.7 Å². The number of aliphatic hydroxyl groups excluding tert-OH is 1. The van der Waals surface area contributed by atoms with Crippen LogP contribution < -0.4 is 10.6 Å². The highest BCUT2D eigenvalue weighted by Gasteiger charge is 2.44. The Morgan fingerprint density at radius 1 is 0.811 bits per heavy atom. The molecule has 4 N–H and O–H groups in total. The van der Waals surface area contributed by atoms with Crippen LogP contribution in [0.4, 0.5) is 0 Å². The summed E-state index contributed by atoms with van der Waals surface area (Å²) < 4.78 is 35.7. The van der Waals surface area contributed by atoms with Crippen LogP contribution in [0.3, 0.4) is 0 Å². The number of likely N-dealkylation sites (tertiary alicyclic amines) is 1. The van der Waals surface area contributed by atoms with Crippen LogP contribution in [0.15, 0.2) is 83.9 Å². The molecule has 0 unspecified atom stereocenters. The van der Waals surface area contributed by atoms with Gasteiger partial charge in [0.05, 0.1) is 94.0 Å². The van der Waals surface area contributed by atoms with Crippen LogP contribution in [-0.4, -0.2) is 162 Å². The first-order valence-corrected chi connectivity index (χ1v) is 26.1. The molecule has 5 aromatic rings. The molecule has 2 aliphatic rings. The molecule has 1 fully saturated rings. The molecule has 74 heavy (non-hydrogen) atoms. The first-order chi connectivity index (χ1) is 35.9. The molecule has 0 saturated carbocycles. The first-order valence-electron chi connectivity index (χ1n) is 25.2. The van der Waals surface area contributed by atoms with Crippen LogP contribution in [0.5, 0.6) is 0 Å². The van der Waals surface area contributed by atoms with Gasteiger partial charge < -0.3 is 54.3 Å². The average Bonchev–Trinajstić information content (AvgIpc) is 4.22. The van der Waals surface area contributed by atoms with E-state index in [0.717, 1.165) is 74.6 Å². The molecule has 2 aromatic carbocycles. The van der Waals surface area contributed by atoms with Crippen molar-refractivity contribution in [3.8, 4) is 32.8 Å². The van der Waals surface area contributed by atoms with Gasteiger partial charge in [-0.15, -0.1) is 11.3 Å². The number of pyridine rings is 1. The molecule has 1 saturated heterocycles. The number of rotatable bonds is 29. The van der Waals surface area contributed by atoms with Crippen LogP contribution in [0.2, 0.25) is 0 Å². The van der Waals surface area contributed by atoms with Gasteiger partial charge in [-0.2, -0.15) is 5.10 Å². The summed E-state index contributed by atoms with van der Waals surface area (Å²) in [5.74, 6) is -1.30. The summed E-state index contributed by atoms with van der Waals surface area (Å²) in [6.07, 6.45) is 7.20. The summed E-state index contributed by atoms with van der Waals surface area (Å²) in [5, 5.41) is 34.0. The zero-order valence-corrected chi connectivity index (χ0v) is 43.6. The van der Waals surface area contributed by atoms with Crippen molar-refractivity contribution in [3.05, 3.63) is 101 Å².